The minimum atomic E-state index is -1.65. The average Bonchev–Trinajstić information content (AvgIpc) is 3.10. The summed E-state index contributed by atoms with van der Waals surface area (Å²) in [6.45, 7) is 2.69. The van der Waals surface area contributed by atoms with Crippen molar-refractivity contribution in [2.45, 2.75) is 44.4 Å². The predicted molar refractivity (Wildman–Crippen MR) is 79.5 cm³/mol. The van der Waals surface area contributed by atoms with E-state index in [4.69, 9.17) is 0 Å². The molecule has 0 spiro atoms. The molecule has 2 amide bonds. The van der Waals surface area contributed by atoms with Gasteiger partial charge in [0.15, 0.2) is 0 Å². The number of rotatable bonds is 6. The Balaban J connectivity index is 2.16. The smallest absolute Gasteiger partial charge is 0.329 e. The fraction of sp³-hybridized carbons (Fsp3) is 0.733. The van der Waals surface area contributed by atoms with Crippen LogP contribution in [0.1, 0.15) is 26.7 Å². The summed E-state index contributed by atoms with van der Waals surface area (Å²) in [5, 5.41) is 24.7. The largest absolute Gasteiger partial charge is 0.479 e. The Hall–Kier alpha value is -2.16. The molecule has 134 valence electrons. The monoisotopic (exact) mass is 342 g/mol. The van der Waals surface area contributed by atoms with Gasteiger partial charge < -0.3 is 25.6 Å². The maximum Gasteiger partial charge on any atom is 0.329 e. The Bertz CT molecular complexity index is 578. The van der Waals surface area contributed by atoms with Crippen molar-refractivity contribution >= 4 is 23.8 Å². The minimum absolute atomic E-state index is 0.00492. The van der Waals surface area contributed by atoms with Crippen molar-refractivity contribution in [3.05, 3.63) is 0 Å². The molecule has 6 atom stereocenters. The lowest BCUT2D eigenvalue weighted by Gasteiger charge is -2.31. The number of aliphatic hydroxyl groups is 1. The number of methoxy groups -OCH3 is 1. The Morgan fingerprint density at radius 2 is 1.96 bits per heavy atom. The third-order valence-electron chi connectivity index (χ3n) is 4.94. The number of hydrogen-bond acceptors (Lipinski definition) is 6. The average molecular weight is 342 g/mol. The van der Waals surface area contributed by atoms with E-state index in [-0.39, 0.29) is 24.7 Å². The highest BCUT2D eigenvalue weighted by Crippen LogP contribution is 2.63. The molecule has 0 aromatic rings. The second-order valence-corrected chi connectivity index (χ2v) is 6.51. The number of carboxylic acid groups (broad SMARTS) is 1. The Labute approximate surface area is 138 Å². The normalized spacial score (nSPS) is 34.7. The van der Waals surface area contributed by atoms with Crippen molar-refractivity contribution in [2.24, 2.45) is 17.8 Å². The van der Waals surface area contributed by atoms with Gasteiger partial charge in [-0.05, 0) is 18.8 Å². The summed E-state index contributed by atoms with van der Waals surface area (Å²) in [7, 11) is 1.23. The molecule has 0 saturated heterocycles. The molecule has 4 N–H and O–H groups in total. The van der Waals surface area contributed by atoms with E-state index in [1.165, 1.54) is 21.0 Å². The number of fused-ring (bicyclic) bond motifs is 1. The number of amides is 2. The molecular formula is C15H22N2O7. The number of nitrogens with one attached hydrogen (secondary N) is 2. The van der Waals surface area contributed by atoms with Gasteiger partial charge in [-0.15, -0.1) is 0 Å². The molecule has 24 heavy (non-hydrogen) atoms. The van der Waals surface area contributed by atoms with Gasteiger partial charge in [-0.2, -0.15) is 0 Å². The molecule has 9 nitrogen and oxygen atoms in total. The van der Waals surface area contributed by atoms with Crippen LogP contribution in [0.2, 0.25) is 0 Å². The van der Waals surface area contributed by atoms with Gasteiger partial charge in [0.25, 0.3) is 0 Å². The molecule has 2 rings (SSSR count). The molecular weight excluding hydrogens is 320 g/mol. The van der Waals surface area contributed by atoms with Crippen molar-refractivity contribution < 1.29 is 34.1 Å². The number of aliphatic carboxylic acids is 1. The molecule has 0 aromatic heterocycles. The van der Waals surface area contributed by atoms with Crippen molar-refractivity contribution in [1.29, 1.82) is 0 Å². The Morgan fingerprint density at radius 1 is 1.33 bits per heavy atom. The first-order valence-corrected chi connectivity index (χ1v) is 7.71. The van der Waals surface area contributed by atoms with Gasteiger partial charge in [0.05, 0.1) is 13.2 Å². The van der Waals surface area contributed by atoms with Gasteiger partial charge in [0.2, 0.25) is 11.8 Å². The van der Waals surface area contributed by atoms with Crippen molar-refractivity contribution in [3.8, 4) is 0 Å². The summed E-state index contributed by atoms with van der Waals surface area (Å²) in [5.74, 6) is -4.07. The molecule has 2 aliphatic rings. The zero-order chi connectivity index (χ0) is 18.2. The second kappa shape index (κ2) is 6.39. The number of esters is 1. The zero-order valence-corrected chi connectivity index (χ0v) is 13.7. The third kappa shape index (κ3) is 3.08. The van der Waals surface area contributed by atoms with Crippen LogP contribution in [0.3, 0.4) is 0 Å². The topological polar surface area (TPSA) is 142 Å². The standard InChI is InChI=1S/C15H22N2O7/c1-6(16-7(2)18)13(21)17-15(14(22)23)5-9(19)11-8(12(11)15)4-10(20)24-3/h6,8-9,11-12,19H,4-5H2,1-3H3,(H,16,18)(H,17,21)(H,22,23)/t6-,8-,9-,11+,12+,15-/m0/s1. The van der Waals surface area contributed by atoms with E-state index in [1.54, 1.807) is 0 Å². The van der Waals surface area contributed by atoms with Crippen LogP contribution in [0.15, 0.2) is 0 Å². The maximum absolute atomic E-state index is 12.2. The van der Waals surface area contributed by atoms with E-state index in [2.05, 4.69) is 15.4 Å². The number of hydrogen-bond donors (Lipinski definition) is 4. The van der Waals surface area contributed by atoms with Gasteiger partial charge in [-0.25, -0.2) is 4.79 Å². The summed E-state index contributed by atoms with van der Waals surface area (Å²) in [6.07, 6.45) is -1.06. The van der Waals surface area contributed by atoms with Crippen molar-refractivity contribution in [2.75, 3.05) is 7.11 Å². The van der Waals surface area contributed by atoms with Crippen LogP contribution in [0.4, 0.5) is 0 Å². The number of carbonyl (C=O) groups is 4. The summed E-state index contributed by atoms with van der Waals surface area (Å²) < 4.78 is 4.59. The number of ether oxygens (including phenoxy) is 1. The predicted octanol–water partition coefficient (Wildman–Crippen LogP) is -1.36. The van der Waals surface area contributed by atoms with Gasteiger partial charge in [0, 0.05) is 25.7 Å². The molecule has 0 aliphatic heterocycles. The van der Waals surface area contributed by atoms with Crippen LogP contribution in [-0.2, 0) is 23.9 Å². The van der Waals surface area contributed by atoms with Crippen LogP contribution in [0.5, 0.6) is 0 Å². The maximum atomic E-state index is 12.2. The van der Waals surface area contributed by atoms with Crippen LogP contribution in [0.25, 0.3) is 0 Å². The van der Waals surface area contributed by atoms with Crippen LogP contribution < -0.4 is 10.6 Å². The van der Waals surface area contributed by atoms with Crippen LogP contribution in [0, 0.1) is 17.8 Å². The lowest BCUT2D eigenvalue weighted by Crippen LogP contribution is -2.60. The minimum Gasteiger partial charge on any atom is -0.479 e. The van der Waals surface area contributed by atoms with Crippen molar-refractivity contribution in [1.82, 2.24) is 10.6 Å². The fourth-order valence-electron chi connectivity index (χ4n) is 3.88. The molecule has 0 heterocycles. The molecule has 0 bridgehead atoms. The van der Waals surface area contributed by atoms with Gasteiger partial charge >= 0.3 is 11.9 Å². The highest BCUT2D eigenvalue weighted by atomic mass is 16.5. The first kappa shape index (κ1) is 18.2. The molecule has 0 unspecified atom stereocenters. The molecule has 0 radical (unpaired) electrons. The number of aliphatic hydroxyl groups excluding tert-OH is 1. The highest BCUT2D eigenvalue weighted by molar-refractivity contribution is 5.92. The SMILES string of the molecule is COC(=O)C[C@H]1[C@H]2[C@@H]1[C@](NC(=O)[C@H](C)NC(C)=O)(C(=O)O)C[C@@H]2O. The summed E-state index contributed by atoms with van der Waals surface area (Å²) in [6, 6.07) is -0.910. The van der Waals surface area contributed by atoms with E-state index in [0.29, 0.717) is 0 Å². The van der Waals surface area contributed by atoms with Gasteiger partial charge in [0.1, 0.15) is 11.6 Å². The second-order valence-electron chi connectivity index (χ2n) is 6.51. The lowest BCUT2D eigenvalue weighted by molar-refractivity contribution is -0.150. The molecule has 0 aromatic carbocycles. The third-order valence-corrected chi connectivity index (χ3v) is 4.94. The quantitative estimate of drug-likeness (QED) is 0.437. The lowest BCUT2D eigenvalue weighted by atomic mass is 9.88. The molecule has 2 saturated carbocycles. The number of carbonyl (C=O) groups excluding carboxylic acids is 3. The Kier molecular flexibility index (Phi) is 4.84. The molecule has 2 fully saturated rings. The van der Waals surface area contributed by atoms with Gasteiger partial charge in [-0.3, -0.25) is 14.4 Å². The van der Waals surface area contributed by atoms with E-state index in [9.17, 15) is 29.4 Å². The van der Waals surface area contributed by atoms with E-state index < -0.39 is 47.4 Å². The van der Waals surface area contributed by atoms with Crippen LogP contribution >= 0.6 is 0 Å². The first-order chi connectivity index (χ1) is 11.1. The van der Waals surface area contributed by atoms with E-state index >= 15 is 0 Å². The van der Waals surface area contributed by atoms with E-state index in [0.717, 1.165) is 0 Å². The number of carboxylic acids is 1. The fourth-order valence-corrected chi connectivity index (χ4v) is 3.88. The van der Waals surface area contributed by atoms with Crippen molar-refractivity contribution in [3.63, 3.8) is 0 Å². The zero-order valence-electron chi connectivity index (χ0n) is 13.7. The summed E-state index contributed by atoms with van der Waals surface area (Å²) in [5.41, 5.74) is -1.65. The van der Waals surface area contributed by atoms with E-state index in [1.807, 2.05) is 0 Å². The Morgan fingerprint density at radius 3 is 2.46 bits per heavy atom. The van der Waals surface area contributed by atoms with Crippen LogP contribution in [-0.4, -0.2) is 58.8 Å². The molecule has 9 heteroatoms. The summed E-state index contributed by atoms with van der Waals surface area (Å²) >= 11 is 0. The van der Waals surface area contributed by atoms with Gasteiger partial charge in [-0.1, -0.05) is 0 Å². The molecule has 2 aliphatic carbocycles. The highest BCUT2D eigenvalue weighted by Gasteiger charge is 2.73. The summed E-state index contributed by atoms with van der Waals surface area (Å²) in [4.78, 5) is 46.6. The first-order valence-electron chi connectivity index (χ1n) is 7.71.